The molecule has 1 heterocycles. The van der Waals surface area contributed by atoms with Gasteiger partial charge in [-0.15, -0.1) is 0 Å². The average Bonchev–Trinajstić information content (AvgIpc) is 2.68. The normalized spacial score (nSPS) is 12.0. The van der Waals surface area contributed by atoms with Crippen LogP contribution in [-0.2, 0) is 0 Å². The Morgan fingerprint density at radius 1 is 1.07 bits per heavy atom. The highest BCUT2D eigenvalue weighted by Gasteiger charge is 2.15. The van der Waals surface area contributed by atoms with Crippen molar-refractivity contribution in [2.24, 2.45) is 5.92 Å². The largest absolute Gasteiger partial charge is 0.494 e. The highest BCUT2D eigenvalue weighted by Crippen LogP contribution is 2.30. The SMILES string of the molecule is COc1ccc(NC(=S)NC(CC(C)C)c2ccccc2)c2cccnc12. The number of fused-ring (bicyclic) bond motifs is 1. The van der Waals surface area contributed by atoms with Gasteiger partial charge in [0.2, 0.25) is 0 Å². The number of aromatic nitrogens is 1. The van der Waals surface area contributed by atoms with Crippen LogP contribution in [0.25, 0.3) is 10.9 Å². The molecule has 140 valence electrons. The number of methoxy groups -OCH3 is 1. The smallest absolute Gasteiger partial charge is 0.171 e. The Morgan fingerprint density at radius 2 is 1.85 bits per heavy atom. The van der Waals surface area contributed by atoms with E-state index in [2.05, 4.69) is 53.7 Å². The number of thiocarbonyl (C=S) groups is 1. The molecule has 0 bridgehead atoms. The predicted octanol–water partition coefficient (Wildman–Crippen LogP) is 5.32. The average molecular weight is 380 g/mol. The lowest BCUT2D eigenvalue weighted by Gasteiger charge is -2.23. The summed E-state index contributed by atoms with van der Waals surface area (Å²) >= 11 is 5.62. The van der Waals surface area contributed by atoms with Gasteiger partial charge in [0.25, 0.3) is 0 Å². The van der Waals surface area contributed by atoms with E-state index in [0.717, 1.165) is 28.8 Å². The minimum atomic E-state index is 0.161. The van der Waals surface area contributed by atoms with Gasteiger partial charge < -0.3 is 15.4 Å². The van der Waals surface area contributed by atoms with E-state index in [1.165, 1.54) is 5.56 Å². The van der Waals surface area contributed by atoms with Crippen LogP contribution in [0, 0.1) is 5.92 Å². The van der Waals surface area contributed by atoms with Gasteiger partial charge in [-0.05, 0) is 54.4 Å². The number of nitrogens with zero attached hydrogens (tertiary/aromatic N) is 1. The number of hydrogen-bond donors (Lipinski definition) is 2. The van der Waals surface area contributed by atoms with Crippen molar-refractivity contribution in [2.45, 2.75) is 26.3 Å². The lowest BCUT2D eigenvalue weighted by Crippen LogP contribution is -2.33. The van der Waals surface area contributed by atoms with Crippen molar-refractivity contribution in [2.75, 3.05) is 12.4 Å². The van der Waals surface area contributed by atoms with Crippen LogP contribution in [0.3, 0.4) is 0 Å². The summed E-state index contributed by atoms with van der Waals surface area (Å²) in [5.41, 5.74) is 2.96. The molecule has 0 aliphatic carbocycles. The summed E-state index contributed by atoms with van der Waals surface area (Å²) in [5, 5.41) is 8.38. The van der Waals surface area contributed by atoms with Gasteiger partial charge in [0.15, 0.2) is 5.11 Å². The summed E-state index contributed by atoms with van der Waals surface area (Å²) < 4.78 is 5.41. The fourth-order valence-electron chi connectivity index (χ4n) is 3.17. The van der Waals surface area contributed by atoms with Crippen LogP contribution in [0.5, 0.6) is 5.75 Å². The first-order chi connectivity index (χ1) is 13.1. The third kappa shape index (κ3) is 4.74. The molecule has 5 heteroatoms. The second kappa shape index (κ2) is 8.82. The Labute approximate surface area is 166 Å². The molecular formula is C22H25N3OS. The molecule has 2 N–H and O–H groups in total. The lowest BCUT2D eigenvalue weighted by molar-refractivity contribution is 0.419. The van der Waals surface area contributed by atoms with Gasteiger partial charge in [0, 0.05) is 17.3 Å². The highest BCUT2D eigenvalue weighted by atomic mass is 32.1. The first-order valence-electron chi connectivity index (χ1n) is 9.12. The summed E-state index contributed by atoms with van der Waals surface area (Å²) in [6.45, 7) is 4.44. The van der Waals surface area contributed by atoms with Crippen LogP contribution in [0.4, 0.5) is 5.69 Å². The quantitative estimate of drug-likeness (QED) is 0.568. The Hall–Kier alpha value is -2.66. The van der Waals surface area contributed by atoms with E-state index in [-0.39, 0.29) is 6.04 Å². The summed E-state index contributed by atoms with van der Waals surface area (Å²) in [5.74, 6) is 1.30. The van der Waals surface area contributed by atoms with E-state index in [9.17, 15) is 0 Å². The molecular weight excluding hydrogens is 354 g/mol. The summed E-state index contributed by atoms with van der Waals surface area (Å²) in [6, 6.07) is 18.4. The number of benzene rings is 2. The number of rotatable bonds is 6. The van der Waals surface area contributed by atoms with Gasteiger partial charge >= 0.3 is 0 Å². The number of ether oxygens (including phenoxy) is 1. The zero-order valence-electron chi connectivity index (χ0n) is 15.9. The van der Waals surface area contributed by atoms with Crippen molar-refractivity contribution in [3.8, 4) is 5.75 Å². The molecule has 0 fully saturated rings. The lowest BCUT2D eigenvalue weighted by atomic mass is 9.97. The van der Waals surface area contributed by atoms with Gasteiger partial charge in [-0.3, -0.25) is 4.98 Å². The third-order valence-corrected chi connectivity index (χ3v) is 4.64. The van der Waals surface area contributed by atoms with Crippen molar-refractivity contribution in [3.63, 3.8) is 0 Å². The maximum atomic E-state index is 5.62. The molecule has 0 radical (unpaired) electrons. The van der Waals surface area contributed by atoms with Gasteiger partial charge in [-0.1, -0.05) is 44.2 Å². The van der Waals surface area contributed by atoms with Crippen molar-refractivity contribution < 1.29 is 4.74 Å². The van der Waals surface area contributed by atoms with Crippen LogP contribution in [0.2, 0.25) is 0 Å². The molecule has 0 spiro atoms. The first kappa shape index (κ1) is 19.1. The molecule has 1 atom stereocenters. The van der Waals surface area contributed by atoms with Gasteiger partial charge in [0.1, 0.15) is 11.3 Å². The molecule has 0 aliphatic rings. The van der Waals surface area contributed by atoms with E-state index < -0.39 is 0 Å². The van der Waals surface area contributed by atoms with Crippen LogP contribution in [0.15, 0.2) is 60.8 Å². The maximum Gasteiger partial charge on any atom is 0.171 e. The highest BCUT2D eigenvalue weighted by molar-refractivity contribution is 7.80. The monoisotopic (exact) mass is 379 g/mol. The Morgan fingerprint density at radius 3 is 2.56 bits per heavy atom. The Bertz CT molecular complexity index is 912. The summed E-state index contributed by atoms with van der Waals surface area (Å²) in [4.78, 5) is 4.44. The van der Waals surface area contributed by atoms with Gasteiger partial charge in [0.05, 0.1) is 13.2 Å². The van der Waals surface area contributed by atoms with E-state index in [4.69, 9.17) is 17.0 Å². The Kier molecular flexibility index (Phi) is 6.24. The molecule has 3 aromatic rings. The number of anilines is 1. The van der Waals surface area contributed by atoms with Gasteiger partial charge in [-0.25, -0.2) is 0 Å². The molecule has 27 heavy (non-hydrogen) atoms. The van der Waals surface area contributed by atoms with E-state index in [0.29, 0.717) is 11.0 Å². The zero-order chi connectivity index (χ0) is 19.2. The zero-order valence-corrected chi connectivity index (χ0v) is 16.7. The molecule has 1 unspecified atom stereocenters. The maximum absolute atomic E-state index is 5.62. The predicted molar refractivity (Wildman–Crippen MR) is 116 cm³/mol. The second-order valence-electron chi connectivity index (χ2n) is 6.91. The van der Waals surface area contributed by atoms with Crippen molar-refractivity contribution >= 4 is 33.9 Å². The minimum Gasteiger partial charge on any atom is -0.494 e. The number of hydrogen-bond acceptors (Lipinski definition) is 3. The molecule has 0 aliphatic heterocycles. The summed E-state index contributed by atoms with van der Waals surface area (Å²) in [6.07, 6.45) is 2.76. The number of nitrogens with one attached hydrogen (secondary N) is 2. The molecule has 2 aromatic carbocycles. The van der Waals surface area contributed by atoms with Crippen LogP contribution in [0.1, 0.15) is 31.9 Å². The van der Waals surface area contributed by atoms with Crippen LogP contribution < -0.4 is 15.4 Å². The van der Waals surface area contributed by atoms with E-state index in [1.807, 2.05) is 30.3 Å². The fraction of sp³-hybridized carbons (Fsp3) is 0.273. The summed E-state index contributed by atoms with van der Waals surface area (Å²) in [7, 11) is 1.65. The molecule has 4 nitrogen and oxygen atoms in total. The van der Waals surface area contributed by atoms with Gasteiger partial charge in [-0.2, -0.15) is 0 Å². The standard InChI is InChI=1S/C22H25N3OS/c1-15(2)14-19(16-8-5-4-6-9-16)25-22(27)24-18-11-12-20(26-3)21-17(18)10-7-13-23-21/h4-13,15,19H,14H2,1-3H3,(H2,24,25,27). The fourth-order valence-corrected chi connectivity index (χ4v) is 3.42. The van der Waals surface area contributed by atoms with Crippen LogP contribution in [-0.4, -0.2) is 17.2 Å². The van der Waals surface area contributed by atoms with E-state index in [1.54, 1.807) is 13.3 Å². The first-order valence-corrected chi connectivity index (χ1v) is 9.53. The van der Waals surface area contributed by atoms with Crippen LogP contribution >= 0.6 is 12.2 Å². The molecule has 3 rings (SSSR count). The minimum absolute atomic E-state index is 0.161. The van der Waals surface area contributed by atoms with Crippen molar-refractivity contribution in [1.29, 1.82) is 0 Å². The Balaban J connectivity index is 1.81. The topological polar surface area (TPSA) is 46.2 Å². The molecule has 0 saturated heterocycles. The molecule has 0 saturated carbocycles. The van der Waals surface area contributed by atoms with Crippen molar-refractivity contribution in [1.82, 2.24) is 10.3 Å². The molecule has 0 amide bonds. The third-order valence-electron chi connectivity index (χ3n) is 4.42. The van der Waals surface area contributed by atoms with Crippen molar-refractivity contribution in [3.05, 3.63) is 66.4 Å². The second-order valence-corrected chi connectivity index (χ2v) is 7.31. The van der Waals surface area contributed by atoms with E-state index >= 15 is 0 Å². The number of pyridine rings is 1. The molecule has 1 aromatic heterocycles.